The predicted octanol–water partition coefficient (Wildman–Crippen LogP) is 0.637. The second-order valence-corrected chi connectivity index (χ2v) is 6.09. The number of rotatable bonds is 6. The molecule has 100 valence electrons. The fourth-order valence-corrected chi connectivity index (χ4v) is 3.33. The van der Waals surface area contributed by atoms with Crippen LogP contribution in [0.5, 0.6) is 5.75 Å². The third-order valence-electron chi connectivity index (χ3n) is 2.87. The van der Waals surface area contributed by atoms with Gasteiger partial charge in [-0.3, -0.25) is 0 Å². The van der Waals surface area contributed by atoms with Crippen molar-refractivity contribution in [2.75, 3.05) is 13.7 Å². The van der Waals surface area contributed by atoms with E-state index in [0.717, 1.165) is 12.8 Å². The molecule has 0 atom stereocenters. The van der Waals surface area contributed by atoms with Gasteiger partial charge in [-0.25, -0.2) is 13.1 Å². The molecule has 18 heavy (non-hydrogen) atoms. The van der Waals surface area contributed by atoms with Gasteiger partial charge in [0.25, 0.3) is 0 Å². The molecule has 0 unspecified atom stereocenters. The van der Waals surface area contributed by atoms with Crippen LogP contribution in [0, 0.1) is 0 Å². The Balaban J connectivity index is 2.35. The maximum absolute atomic E-state index is 12.2. The van der Waals surface area contributed by atoms with Crippen LogP contribution in [0.3, 0.4) is 0 Å². The highest BCUT2D eigenvalue weighted by Crippen LogP contribution is 2.26. The smallest absolute Gasteiger partial charge is 0.241 e. The van der Waals surface area contributed by atoms with Gasteiger partial charge >= 0.3 is 0 Å². The molecular formula is C12H18N2O3S. The third-order valence-corrected chi connectivity index (χ3v) is 4.49. The number of benzene rings is 1. The van der Waals surface area contributed by atoms with E-state index in [4.69, 9.17) is 10.5 Å². The van der Waals surface area contributed by atoms with Gasteiger partial charge in [0.1, 0.15) is 5.75 Å². The van der Waals surface area contributed by atoms with Crippen molar-refractivity contribution in [1.29, 1.82) is 0 Å². The minimum atomic E-state index is -3.44. The van der Waals surface area contributed by atoms with Crippen LogP contribution in [-0.2, 0) is 16.4 Å². The summed E-state index contributed by atoms with van der Waals surface area (Å²) >= 11 is 0. The Morgan fingerprint density at radius 2 is 2.17 bits per heavy atom. The lowest BCUT2D eigenvalue weighted by Gasteiger charge is -2.12. The van der Waals surface area contributed by atoms with Crippen LogP contribution in [0.2, 0.25) is 0 Å². The molecule has 3 N–H and O–H groups in total. The Hall–Kier alpha value is -1.11. The summed E-state index contributed by atoms with van der Waals surface area (Å²) < 4.78 is 32.1. The van der Waals surface area contributed by atoms with Crippen LogP contribution < -0.4 is 15.2 Å². The van der Waals surface area contributed by atoms with E-state index in [9.17, 15) is 8.42 Å². The second-order valence-electron chi connectivity index (χ2n) is 4.41. The minimum absolute atomic E-state index is 0.0998. The molecule has 0 heterocycles. The molecule has 1 aromatic rings. The first-order chi connectivity index (χ1) is 8.56. The molecule has 2 rings (SSSR count). The van der Waals surface area contributed by atoms with E-state index in [-0.39, 0.29) is 6.04 Å². The van der Waals surface area contributed by atoms with E-state index in [1.165, 1.54) is 0 Å². The first kappa shape index (κ1) is 13.3. The highest BCUT2D eigenvalue weighted by molar-refractivity contribution is 7.89. The van der Waals surface area contributed by atoms with Crippen LogP contribution >= 0.6 is 0 Å². The molecule has 1 aliphatic carbocycles. The van der Waals surface area contributed by atoms with E-state index < -0.39 is 10.0 Å². The van der Waals surface area contributed by atoms with E-state index >= 15 is 0 Å². The summed E-state index contributed by atoms with van der Waals surface area (Å²) in [7, 11) is -1.88. The van der Waals surface area contributed by atoms with Crippen LogP contribution in [0.4, 0.5) is 0 Å². The van der Waals surface area contributed by atoms with Crippen molar-refractivity contribution in [3.63, 3.8) is 0 Å². The molecular weight excluding hydrogens is 252 g/mol. The first-order valence-electron chi connectivity index (χ1n) is 5.96. The van der Waals surface area contributed by atoms with Gasteiger partial charge in [-0.05, 0) is 49.6 Å². The van der Waals surface area contributed by atoms with Gasteiger partial charge in [0.15, 0.2) is 0 Å². The zero-order valence-corrected chi connectivity index (χ0v) is 11.2. The van der Waals surface area contributed by atoms with E-state index in [2.05, 4.69) is 4.72 Å². The van der Waals surface area contributed by atoms with Crippen molar-refractivity contribution in [2.45, 2.75) is 30.2 Å². The summed E-state index contributed by atoms with van der Waals surface area (Å²) in [5.41, 5.74) is 6.22. The lowest BCUT2D eigenvalue weighted by Crippen LogP contribution is -2.27. The molecule has 0 aliphatic heterocycles. The highest BCUT2D eigenvalue weighted by Gasteiger charge is 2.29. The molecule has 5 nitrogen and oxygen atoms in total. The number of hydrogen-bond acceptors (Lipinski definition) is 4. The van der Waals surface area contributed by atoms with Crippen molar-refractivity contribution in [3.05, 3.63) is 23.8 Å². The van der Waals surface area contributed by atoms with Gasteiger partial charge in [-0.2, -0.15) is 0 Å². The van der Waals surface area contributed by atoms with E-state index in [1.54, 1.807) is 25.3 Å². The summed E-state index contributed by atoms with van der Waals surface area (Å²) in [6.45, 7) is 0.402. The van der Waals surface area contributed by atoms with Gasteiger partial charge < -0.3 is 10.5 Å². The monoisotopic (exact) mass is 270 g/mol. The fraction of sp³-hybridized carbons (Fsp3) is 0.500. The summed E-state index contributed by atoms with van der Waals surface area (Å²) in [4.78, 5) is 0.306. The lowest BCUT2D eigenvalue weighted by molar-refractivity contribution is 0.413. The van der Waals surface area contributed by atoms with Gasteiger partial charge in [0.2, 0.25) is 10.0 Å². The van der Waals surface area contributed by atoms with Crippen LogP contribution in [0.15, 0.2) is 23.1 Å². The lowest BCUT2D eigenvalue weighted by atomic mass is 10.1. The zero-order valence-electron chi connectivity index (χ0n) is 10.3. The Morgan fingerprint density at radius 3 is 2.72 bits per heavy atom. The molecule has 0 spiro atoms. The molecule has 1 saturated carbocycles. The molecule has 0 aromatic heterocycles. The molecule has 1 fully saturated rings. The average molecular weight is 270 g/mol. The maximum atomic E-state index is 12.2. The number of methoxy groups -OCH3 is 1. The van der Waals surface area contributed by atoms with Crippen LogP contribution in [0.25, 0.3) is 0 Å². The summed E-state index contributed by atoms with van der Waals surface area (Å²) in [5, 5.41) is 0. The maximum Gasteiger partial charge on any atom is 0.241 e. The number of nitrogens with two attached hydrogens (primary N) is 1. The molecule has 0 amide bonds. The normalized spacial score (nSPS) is 15.7. The molecule has 1 aliphatic rings. The van der Waals surface area contributed by atoms with Gasteiger partial charge in [0.05, 0.1) is 12.0 Å². The molecule has 0 saturated heterocycles. The average Bonchev–Trinajstić information content (AvgIpc) is 3.12. The largest absolute Gasteiger partial charge is 0.497 e. The number of nitrogens with one attached hydrogen (secondary N) is 1. The first-order valence-corrected chi connectivity index (χ1v) is 7.44. The number of hydrogen-bond donors (Lipinski definition) is 2. The topological polar surface area (TPSA) is 81.4 Å². The number of sulfonamides is 1. The molecule has 0 bridgehead atoms. The summed E-state index contributed by atoms with van der Waals surface area (Å²) in [6, 6.07) is 5.06. The SMILES string of the molecule is COc1ccc(S(=O)(=O)NC2CC2)c(CCN)c1. The van der Waals surface area contributed by atoms with Crippen LogP contribution in [-0.4, -0.2) is 28.1 Å². The van der Waals surface area contributed by atoms with E-state index in [1.807, 2.05) is 0 Å². The quantitative estimate of drug-likeness (QED) is 0.794. The van der Waals surface area contributed by atoms with Crippen molar-refractivity contribution in [3.8, 4) is 5.75 Å². The standard InChI is InChI=1S/C12H18N2O3S/c1-17-11-4-5-12(9(8-11)6-7-13)18(15,16)14-10-2-3-10/h4-5,8,10,14H,2-3,6-7,13H2,1H3. The van der Waals surface area contributed by atoms with Crippen molar-refractivity contribution in [1.82, 2.24) is 4.72 Å². The Bertz CT molecular complexity index is 524. The summed E-state index contributed by atoms with van der Waals surface area (Å²) in [5.74, 6) is 0.642. The highest BCUT2D eigenvalue weighted by atomic mass is 32.2. The predicted molar refractivity (Wildman–Crippen MR) is 69.1 cm³/mol. The van der Waals surface area contributed by atoms with Crippen molar-refractivity contribution >= 4 is 10.0 Å². The van der Waals surface area contributed by atoms with Crippen molar-refractivity contribution < 1.29 is 13.2 Å². The zero-order chi connectivity index (χ0) is 13.2. The van der Waals surface area contributed by atoms with Gasteiger partial charge in [0, 0.05) is 6.04 Å². The van der Waals surface area contributed by atoms with E-state index in [0.29, 0.717) is 29.2 Å². The molecule has 6 heteroatoms. The minimum Gasteiger partial charge on any atom is -0.497 e. The van der Waals surface area contributed by atoms with Crippen molar-refractivity contribution in [2.24, 2.45) is 5.73 Å². The molecule has 0 radical (unpaired) electrons. The van der Waals surface area contributed by atoms with Crippen LogP contribution in [0.1, 0.15) is 18.4 Å². The number of ether oxygens (including phenoxy) is 1. The third kappa shape index (κ3) is 3.01. The fourth-order valence-electron chi connectivity index (χ4n) is 1.78. The Morgan fingerprint density at radius 1 is 1.44 bits per heavy atom. The second kappa shape index (κ2) is 5.26. The Labute approximate surface area is 107 Å². The van der Waals surface area contributed by atoms with Gasteiger partial charge in [-0.1, -0.05) is 0 Å². The molecule has 1 aromatic carbocycles. The van der Waals surface area contributed by atoms with Gasteiger partial charge in [-0.15, -0.1) is 0 Å². The Kier molecular flexibility index (Phi) is 3.89. The summed E-state index contributed by atoms with van der Waals surface area (Å²) in [6.07, 6.45) is 2.35.